The van der Waals surface area contributed by atoms with Gasteiger partial charge in [0.2, 0.25) is 5.91 Å². The highest BCUT2D eigenvalue weighted by molar-refractivity contribution is 6.32. The van der Waals surface area contributed by atoms with Crippen molar-refractivity contribution in [1.29, 1.82) is 0 Å². The zero-order valence-corrected chi connectivity index (χ0v) is 11.3. The Morgan fingerprint density at radius 2 is 2.22 bits per heavy atom. The Morgan fingerprint density at radius 1 is 1.50 bits per heavy atom. The summed E-state index contributed by atoms with van der Waals surface area (Å²) in [5.74, 6) is -0.294. The fraction of sp³-hybridized carbons (Fsp3) is 0.462. The minimum atomic E-state index is -0.368. The number of nitrogens with zero attached hydrogens (tertiary/aromatic N) is 1. The minimum Gasteiger partial charge on any atom is -0.506 e. The van der Waals surface area contributed by atoms with E-state index in [0.717, 1.165) is 19.4 Å². The molecule has 0 saturated heterocycles. The molecule has 1 rings (SSSR count). The highest BCUT2D eigenvalue weighted by Crippen LogP contribution is 2.27. The van der Waals surface area contributed by atoms with Crippen molar-refractivity contribution < 1.29 is 9.90 Å². The lowest BCUT2D eigenvalue weighted by Gasteiger charge is -2.21. The van der Waals surface area contributed by atoms with E-state index in [9.17, 15) is 9.90 Å². The second-order valence-electron chi connectivity index (χ2n) is 4.28. The van der Waals surface area contributed by atoms with Crippen LogP contribution in [0.1, 0.15) is 25.3 Å². The van der Waals surface area contributed by atoms with Crippen molar-refractivity contribution in [2.45, 2.75) is 26.3 Å². The molecule has 100 valence electrons. The molecule has 0 unspecified atom stereocenters. The number of phenols is 1. The molecule has 0 radical (unpaired) electrons. The molecule has 0 fully saturated rings. The number of aromatic hydroxyl groups is 1. The lowest BCUT2D eigenvalue weighted by molar-refractivity contribution is -0.119. The van der Waals surface area contributed by atoms with Gasteiger partial charge in [-0.3, -0.25) is 9.69 Å². The summed E-state index contributed by atoms with van der Waals surface area (Å²) in [6.07, 6.45) is 2.02. The number of para-hydroxylation sites is 1. The molecule has 0 saturated carbocycles. The fourth-order valence-corrected chi connectivity index (χ4v) is 1.94. The Kier molecular flexibility index (Phi) is 5.95. The molecular formula is C13H19ClN2O2. The number of amides is 1. The number of nitrogens with two attached hydrogens (primary N) is 1. The lowest BCUT2D eigenvalue weighted by atomic mass is 10.1. The van der Waals surface area contributed by atoms with Gasteiger partial charge in [0.25, 0.3) is 0 Å². The van der Waals surface area contributed by atoms with Gasteiger partial charge in [0.15, 0.2) is 0 Å². The van der Waals surface area contributed by atoms with Crippen LogP contribution >= 0.6 is 11.6 Å². The normalized spacial score (nSPS) is 10.8. The molecule has 0 aromatic heterocycles. The molecular weight excluding hydrogens is 252 g/mol. The molecule has 0 aliphatic rings. The van der Waals surface area contributed by atoms with Gasteiger partial charge in [0.05, 0.1) is 11.6 Å². The van der Waals surface area contributed by atoms with Crippen molar-refractivity contribution in [3.05, 3.63) is 28.8 Å². The molecule has 0 heterocycles. The topological polar surface area (TPSA) is 66.6 Å². The fourth-order valence-electron chi connectivity index (χ4n) is 1.74. The van der Waals surface area contributed by atoms with E-state index >= 15 is 0 Å². The maximum atomic E-state index is 11.0. The van der Waals surface area contributed by atoms with Gasteiger partial charge in [-0.05, 0) is 19.0 Å². The van der Waals surface area contributed by atoms with E-state index in [-0.39, 0.29) is 18.2 Å². The third kappa shape index (κ3) is 4.55. The molecule has 5 heteroatoms. The number of hydrogen-bond donors (Lipinski definition) is 2. The molecule has 0 atom stereocenters. The lowest BCUT2D eigenvalue weighted by Crippen LogP contribution is -2.34. The Hall–Kier alpha value is -1.26. The first-order chi connectivity index (χ1) is 8.54. The van der Waals surface area contributed by atoms with Crippen LogP contribution in [-0.2, 0) is 11.3 Å². The number of primary amides is 1. The first-order valence-corrected chi connectivity index (χ1v) is 6.39. The zero-order chi connectivity index (χ0) is 13.5. The van der Waals surface area contributed by atoms with Gasteiger partial charge in [-0.2, -0.15) is 0 Å². The largest absolute Gasteiger partial charge is 0.506 e. The summed E-state index contributed by atoms with van der Waals surface area (Å²) in [6, 6.07) is 5.20. The van der Waals surface area contributed by atoms with Crippen LogP contribution in [0.5, 0.6) is 5.75 Å². The van der Waals surface area contributed by atoms with E-state index < -0.39 is 0 Å². The third-order valence-corrected chi connectivity index (χ3v) is 2.98. The number of halogens is 1. The molecule has 18 heavy (non-hydrogen) atoms. The highest BCUT2D eigenvalue weighted by Gasteiger charge is 2.12. The second kappa shape index (κ2) is 7.24. The smallest absolute Gasteiger partial charge is 0.231 e. The zero-order valence-electron chi connectivity index (χ0n) is 10.5. The highest BCUT2D eigenvalue weighted by atomic mass is 35.5. The summed E-state index contributed by atoms with van der Waals surface area (Å²) in [5, 5.41) is 10.2. The van der Waals surface area contributed by atoms with Crippen LogP contribution < -0.4 is 5.73 Å². The second-order valence-corrected chi connectivity index (χ2v) is 4.69. The van der Waals surface area contributed by atoms with Crippen molar-refractivity contribution >= 4 is 17.5 Å². The summed E-state index contributed by atoms with van der Waals surface area (Å²) in [4.78, 5) is 12.9. The van der Waals surface area contributed by atoms with Crippen LogP contribution in [0.4, 0.5) is 0 Å². The summed E-state index contributed by atoms with van der Waals surface area (Å²) in [5.41, 5.74) is 5.93. The van der Waals surface area contributed by atoms with Gasteiger partial charge in [-0.1, -0.05) is 37.1 Å². The molecule has 0 bridgehead atoms. The predicted octanol–water partition coefficient (Wildman–Crippen LogP) is 2.13. The Morgan fingerprint density at radius 3 is 2.83 bits per heavy atom. The number of benzene rings is 1. The maximum absolute atomic E-state index is 11.0. The van der Waals surface area contributed by atoms with Crippen LogP contribution in [-0.4, -0.2) is 29.0 Å². The number of carbonyl (C=O) groups excluding carboxylic acids is 1. The van der Waals surface area contributed by atoms with E-state index in [1.54, 1.807) is 18.2 Å². The summed E-state index contributed by atoms with van der Waals surface area (Å²) < 4.78 is 0. The van der Waals surface area contributed by atoms with Crippen molar-refractivity contribution in [2.75, 3.05) is 13.1 Å². The Bertz CT molecular complexity index is 410. The average Bonchev–Trinajstić information content (AvgIpc) is 2.31. The first-order valence-electron chi connectivity index (χ1n) is 6.01. The summed E-state index contributed by atoms with van der Waals surface area (Å²) >= 11 is 5.85. The van der Waals surface area contributed by atoms with Crippen molar-refractivity contribution in [2.24, 2.45) is 5.73 Å². The predicted molar refractivity (Wildman–Crippen MR) is 72.5 cm³/mol. The van der Waals surface area contributed by atoms with Crippen LogP contribution in [0.25, 0.3) is 0 Å². The van der Waals surface area contributed by atoms with Crippen LogP contribution in [0, 0.1) is 0 Å². The number of unbranched alkanes of at least 4 members (excludes halogenated alkanes) is 1. The third-order valence-electron chi connectivity index (χ3n) is 2.67. The first kappa shape index (κ1) is 14.8. The van der Waals surface area contributed by atoms with Crippen molar-refractivity contribution in [1.82, 2.24) is 4.90 Å². The van der Waals surface area contributed by atoms with Gasteiger partial charge < -0.3 is 10.8 Å². The number of hydrogen-bond acceptors (Lipinski definition) is 3. The van der Waals surface area contributed by atoms with E-state index in [2.05, 4.69) is 6.92 Å². The monoisotopic (exact) mass is 270 g/mol. The van der Waals surface area contributed by atoms with Crippen molar-refractivity contribution in [3.63, 3.8) is 0 Å². The summed E-state index contributed by atoms with van der Waals surface area (Å²) in [7, 11) is 0. The van der Waals surface area contributed by atoms with Gasteiger partial charge in [-0.25, -0.2) is 0 Å². The molecule has 1 aromatic carbocycles. The number of rotatable bonds is 7. The number of carbonyl (C=O) groups is 1. The molecule has 3 N–H and O–H groups in total. The molecule has 0 spiro atoms. The van der Waals surface area contributed by atoms with Crippen molar-refractivity contribution in [3.8, 4) is 5.75 Å². The summed E-state index contributed by atoms with van der Waals surface area (Å²) in [6.45, 7) is 3.51. The van der Waals surface area contributed by atoms with Crippen LogP contribution in [0.15, 0.2) is 18.2 Å². The van der Waals surface area contributed by atoms with E-state index in [0.29, 0.717) is 17.1 Å². The molecule has 0 aliphatic carbocycles. The molecule has 4 nitrogen and oxygen atoms in total. The van der Waals surface area contributed by atoms with Gasteiger partial charge in [0.1, 0.15) is 5.75 Å². The molecule has 1 aromatic rings. The minimum absolute atomic E-state index is 0.0742. The SMILES string of the molecule is CCCCN(CC(N)=O)Cc1cccc(Cl)c1O. The van der Waals surface area contributed by atoms with E-state index in [1.807, 2.05) is 4.90 Å². The van der Waals surface area contributed by atoms with E-state index in [1.165, 1.54) is 0 Å². The Labute approximate surface area is 112 Å². The average molecular weight is 271 g/mol. The van der Waals surface area contributed by atoms with Gasteiger partial charge in [0, 0.05) is 12.1 Å². The number of phenolic OH excluding ortho intramolecular Hbond substituents is 1. The molecule has 0 aliphatic heterocycles. The van der Waals surface area contributed by atoms with Gasteiger partial charge in [-0.15, -0.1) is 0 Å². The van der Waals surface area contributed by atoms with Crippen LogP contribution in [0.3, 0.4) is 0 Å². The standard InChI is InChI=1S/C13H19ClN2O2/c1-2-3-7-16(9-12(15)17)8-10-5-4-6-11(14)13(10)18/h4-6,18H,2-3,7-9H2,1H3,(H2,15,17). The Balaban J connectivity index is 2.75. The van der Waals surface area contributed by atoms with Gasteiger partial charge >= 0.3 is 0 Å². The maximum Gasteiger partial charge on any atom is 0.231 e. The molecule has 1 amide bonds. The van der Waals surface area contributed by atoms with E-state index in [4.69, 9.17) is 17.3 Å². The quantitative estimate of drug-likeness (QED) is 0.798. The van der Waals surface area contributed by atoms with Crippen LogP contribution in [0.2, 0.25) is 5.02 Å².